The van der Waals surface area contributed by atoms with Gasteiger partial charge in [0, 0.05) is 18.1 Å². The minimum atomic E-state index is -0.551. The van der Waals surface area contributed by atoms with E-state index in [-0.39, 0.29) is 29.2 Å². The minimum Gasteiger partial charge on any atom is -0.346 e. The number of hydrogen-bond acceptors (Lipinski definition) is 1. The van der Waals surface area contributed by atoms with E-state index in [1.807, 2.05) is 29.1 Å². The first kappa shape index (κ1) is 17.2. The number of anilines is 1. The van der Waals surface area contributed by atoms with Crippen molar-refractivity contribution in [2.75, 3.05) is 5.32 Å². The van der Waals surface area contributed by atoms with Gasteiger partial charge in [0.25, 0.3) is 0 Å². The van der Waals surface area contributed by atoms with Crippen molar-refractivity contribution in [1.82, 2.24) is 4.57 Å². The van der Waals surface area contributed by atoms with Crippen LogP contribution in [0.1, 0.15) is 18.0 Å². The van der Waals surface area contributed by atoms with Crippen molar-refractivity contribution in [3.63, 3.8) is 0 Å². The molecule has 1 heterocycles. The van der Waals surface area contributed by atoms with Crippen molar-refractivity contribution in [2.45, 2.75) is 12.5 Å². The van der Waals surface area contributed by atoms with Crippen molar-refractivity contribution in [3.05, 3.63) is 89.2 Å². The van der Waals surface area contributed by atoms with Crippen molar-refractivity contribution in [3.8, 4) is 0 Å². The van der Waals surface area contributed by atoms with E-state index in [0.717, 1.165) is 0 Å². The summed E-state index contributed by atoms with van der Waals surface area (Å²) >= 11 is 5.73. The first-order valence-corrected chi connectivity index (χ1v) is 8.03. The molecule has 0 bridgehead atoms. The molecular formula is C19H15ClF2N2O. The van der Waals surface area contributed by atoms with Gasteiger partial charge >= 0.3 is 0 Å². The van der Waals surface area contributed by atoms with E-state index < -0.39 is 5.82 Å². The van der Waals surface area contributed by atoms with Crippen LogP contribution in [0.3, 0.4) is 0 Å². The first-order chi connectivity index (χ1) is 12.0. The predicted molar refractivity (Wildman–Crippen MR) is 93.6 cm³/mol. The fourth-order valence-corrected chi connectivity index (χ4v) is 2.81. The smallest absolute Gasteiger partial charge is 0.226 e. The highest BCUT2D eigenvalue weighted by Gasteiger charge is 2.18. The number of nitrogens with zero attached hydrogens (tertiary/aromatic N) is 1. The minimum absolute atomic E-state index is 0.0649. The van der Waals surface area contributed by atoms with Gasteiger partial charge in [0.05, 0.1) is 17.5 Å². The molecule has 1 aromatic heterocycles. The molecule has 1 N–H and O–H groups in total. The number of benzene rings is 2. The highest BCUT2D eigenvalue weighted by molar-refractivity contribution is 6.31. The summed E-state index contributed by atoms with van der Waals surface area (Å²) in [6, 6.07) is 13.4. The van der Waals surface area contributed by atoms with Crippen LogP contribution in [0.5, 0.6) is 0 Å². The molecule has 3 nitrogen and oxygen atoms in total. The van der Waals surface area contributed by atoms with Crippen molar-refractivity contribution in [1.29, 1.82) is 0 Å². The zero-order valence-electron chi connectivity index (χ0n) is 13.1. The van der Waals surface area contributed by atoms with Crippen molar-refractivity contribution in [2.24, 2.45) is 0 Å². The summed E-state index contributed by atoms with van der Waals surface area (Å²) in [6.45, 7) is 0. The zero-order chi connectivity index (χ0) is 17.8. The van der Waals surface area contributed by atoms with Crippen LogP contribution in [0.4, 0.5) is 14.5 Å². The van der Waals surface area contributed by atoms with Gasteiger partial charge in [-0.1, -0.05) is 23.7 Å². The molecule has 2 aromatic carbocycles. The number of rotatable bonds is 5. The van der Waals surface area contributed by atoms with Crippen LogP contribution in [0.2, 0.25) is 5.02 Å². The molecule has 3 aromatic rings. The zero-order valence-corrected chi connectivity index (χ0v) is 13.9. The molecule has 0 saturated carbocycles. The number of aromatic nitrogens is 1. The summed E-state index contributed by atoms with van der Waals surface area (Å²) in [5, 5.41) is 2.62. The van der Waals surface area contributed by atoms with E-state index in [1.165, 1.54) is 30.3 Å². The summed E-state index contributed by atoms with van der Waals surface area (Å²) in [4.78, 5) is 12.4. The van der Waals surface area contributed by atoms with Crippen molar-refractivity contribution >= 4 is 23.2 Å². The van der Waals surface area contributed by atoms with E-state index in [1.54, 1.807) is 12.1 Å². The summed E-state index contributed by atoms with van der Waals surface area (Å²) < 4.78 is 28.6. The second-order valence-electron chi connectivity index (χ2n) is 5.58. The van der Waals surface area contributed by atoms with Gasteiger partial charge in [0.1, 0.15) is 11.6 Å². The third-order valence-electron chi connectivity index (χ3n) is 3.80. The first-order valence-electron chi connectivity index (χ1n) is 7.66. The monoisotopic (exact) mass is 360 g/mol. The van der Waals surface area contributed by atoms with Crippen LogP contribution < -0.4 is 5.32 Å². The van der Waals surface area contributed by atoms with E-state index in [9.17, 15) is 13.6 Å². The van der Waals surface area contributed by atoms with Gasteiger partial charge in [0.2, 0.25) is 5.91 Å². The molecule has 0 saturated heterocycles. The molecule has 0 spiro atoms. The Kier molecular flexibility index (Phi) is 5.14. The Hall–Kier alpha value is -2.66. The molecule has 1 amide bonds. The lowest BCUT2D eigenvalue weighted by Crippen LogP contribution is -2.19. The molecular weight excluding hydrogens is 346 g/mol. The third kappa shape index (κ3) is 4.25. The SMILES string of the molecule is O=C(C[C@@H](c1cccc(F)c1)n1cccc1)Nc1ccc(F)c(Cl)c1. The second kappa shape index (κ2) is 7.49. The lowest BCUT2D eigenvalue weighted by molar-refractivity contribution is -0.116. The number of amides is 1. The van der Waals surface area contributed by atoms with Gasteiger partial charge in [-0.15, -0.1) is 0 Å². The average Bonchev–Trinajstić information content (AvgIpc) is 3.10. The lowest BCUT2D eigenvalue weighted by atomic mass is 10.0. The van der Waals surface area contributed by atoms with Gasteiger partial charge in [0.15, 0.2) is 0 Å². The van der Waals surface area contributed by atoms with Crippen LogP contribution in [-0.4, -0.2) is 10.5 Å². The molecule has 25 heavy (non-hydrogen) atoms. The molecule has 0 unspecified atom stereocenters. The van der Waals surface area contributed by atoms with Crippen LogP contribution >= 0.6 is 11.6 Å². The molecule has 0 aliphatic rings. The fraction of sp³-hybridized carbons (Fsp3) is 0.105. The summed E-state index contributed by atoms with van der Waals surface area (Å²) in [6.07, 6.45) is 3.72. The largest absolute Gasteiger partial charge is 0.346 e. The number of carbonyl (C=O) groups excluding carboxylic acids is 1. The second-order valence-corrected chi connectivity index (χ2v) is 5.99. The van der Waals surface area contributed by atoms with Crippen LogP contribution in [0.25, 0.3) is 0 Å². The standard InChI is InChI=1S/C19H15ClF2N2O/c20-16-11-15(6-7-17(16)22)23-19(25)12-18(24-8-1-2-9-24)13-4-3-5-14(21)10-13/h1-11,18H,12H2,(H,23,25)/t18-/m0/s1. The van der Waals surface area contributed by atoms with E-state index in [4.69, 9.17) is 11.6 Å². The highest BCUT2D eigenvalue weighted by atomic mass is 35.5. The fourth-order valence-electron chi connectivity index (χ4n) is 2.63. The molecule has 6 heteroatoms. The predicted octanol–water partition coefficient (Wildman–Crippen LogP) is 5.04. The number of carbonyl (C=O) groups is 1. The molecule has 0 fully saturated rings. The number of halogens is 3. The Bertz CT molecular complexity index is 881. The molecule has 1 atom stereocenters. The number of nitrogens with one attached hydrogen (secondary N) is 1. The normalized spacial score (nSPS) is 12.0. The van der Waals surface area contributed by atoms with Crippen LogP contribution in [0, 0.1) is 11.6 Å². The Morgan fingerprint density at radius 3 is 2.52 bits per heavy atom. The Morgan fingerprint density at radius 2 is 1.84 bits per heavy atom. The van der Waals surface area contributed by atoms with Gasteiger partial charge in [-0.2, -0.15) is 0 Å². The Labute approximate surface area is 148 Å². The molecule has 0 aliphatic heterocycles. The molecule has 0 radical (unpaired) electrons. The Balaban J connectivity index is 1.80. The molecule has 128 valence electrons. The summed E-state index contributed by atoms with van der Waals surface area (Å²) in [5.41, 5.74) is 1.09. The maximum Gasteiger partial charge on any atom is 0.226 e. The van der Waals surface area contributed by atoms with E-state index >= 15 is 0 Å². The van der Waals surface area contributed by atoms with Crippen LogP contribution in [0.15, 0.2) is 67.0 Å². The maximum absolute atomic E-state index is 13.6. The quantitative estimate of drug-likeness (QED) is 0.679. The summed E-state index contributed by atoms with van der Waals surface area (Å²) in [5.74, 6) is -1.20. The topological polar surface area (TPSA) is 34.0 Å². The highest BCUT2D eigenvalue weighted by Crippen LogP contribution is 2.25. The van der Waals surface area contributed by atoms with Gasteiger partial charge < -0.3 is 9.88 Å². The van der Waals surface area contributed by atoms with Crippen molar-refractivity contribution < 1.29 is 13.6 Å². The number of hydrogen-bond donors (Lipinski definition) is 1. The average molecular weight is 361 g/mol. The summed E-state index contributed by atoms with van der Waals surface area (Å²) in [7, 11) is 0. The van der Waals surface area contributed by atoms with Gasteiger partial charge in [-0.25, -0.2) is 8.78 Å². The molecule has 0 aliphatic carbocycles. The van der Waals surface area contributed by atoms with Crippen LogP contribution in [-0.2, 0) is 4.79 Å². The molecule has 3 rings (SSSR count). The lowest BCUT2D eigenvalue weighted by Gasteiger charge is -2.19. The third-order valence-corrected chi connectivity index (χ3v) is 4.09. The Morgan fingerprint density at radius 1 is 1.08 bits per heavy atom. The van der Waals surface area contributed by atoms with Gasteiger partial charge in [-0.3, -0.25) is 4.79 Å². The van der Waals surface area contributed by atoms with Gasteiger partial charge in [-0.05, 0) is 48.0 Å². The van der Waals surface area contributed by atoms with E-state index in [0.29, 0.717) is 11.3 Å². The van der Waals surface area contributed by atoms with E-state index in [2.05, 4.69) is 5.32 Å². The maximum atomic E-state index is 13.6.